The summed E-state index contributed by atoms with van der Waals surface area (Å²) in [6.45, 7) is 0. The van der Waals surface area contributed by atoms with Crippen LogP contribution in [-0.2, 0) is 0 Å². The van der Waals surface area contributed by atoms with Crippen molar-refractivity contribution in [2.45, 2.75) is 34.1 Å². The van der Waals surface area contributed by atoms with Gasteiger partial charge in [0.1, 0.15) is 0 Å². The molecule has 0 aliphatic heterocycles. The molecule has 9 heavy (non-hydrogen) atoms. The average molecular weight is 126 g/mol. The molecule has 0 aromatic carbocycles. The molecule has 2 unspecified atom stereocenters. The van der Waals surface area contributed by atoms with Gasteiger partial charge in [0, 0.05) is 0 Å². The smallest absolute Gasteiger partial charge is 0.0228 e. The highest BCUT2D eigenvalue weighted by Gasteiger charge is 2.25. The fraction of sp³-hybridized carbons (Fsp3) is 0.778. The van der Waals surface area contributed by atoms with Crippen molar-refractivity contribution >= 4 is 0 Å². The van der Waals surface area contributed by atoms with Gasteiger partial charge in [-0.1, -0.05) is 27.0 Å². The van der Waals surface area contributed by atoms with Crippen LogP contribution >= 0.6 is 0 Å². The van der Waals surface area contributed by atoms with E-state index >= 15 is 0 Å². The third-order valence-corrected chi connectivity index (χ3v) is 2.17. The maximum absolute atomic E-state index is 2.38. The van der Waals surface area contributed by atoms with Crippen molar-refractivity contribution in [2.75, 3.05) is 0 Å². The van der Waals surface area contributed by atoms with Crippen LogP contribution in [0.3, 0.4) is 0 Å². The lowest BCUT2D eigenvalue weighted by Crippen LogP contribution is -1.82. The van der Waals surface area contributed by atoms with E-state index in [0.29, 0.717) is 0 Å². The van der Waals surface area contributed by atoms with Crippen molar-refractivity contribution < 1.29 is 0 Å². The quantitative estimate of drug-likeness (QED) is 0.437. The number of hydrogen-bond acceptors (Lipinski definition) is 0. The minimum Gasteiger partial charge on any atom is -0.0851 e. The van der Waals surface area contributed by atoms with Crippen LogP contribution < -0.4 is 0 Å². The minimum atomic E-state index is 0. The molecule has 2 atom stereocenters. The largest absolute Gasteiger partial charge is 0.0851 e. The predicted octanol–water partition coefficient (Wildman–Crippen LogP) is 3.24. The van der Waals surface area contributed by atoms with Crippen molar-refractivity contribution in [3.8, 4) is 0 Å². The molecule has 0 spiro atoms. The Morgan fingerprint density at radius 2 is 1.33 bits per heavy atom. The molecule has 1 fully saturated rings. The molecule has 2 bridgehead atoms. The van der Waals surface area contributed by atoms with Crippen LogP contribution in [0.2, 0.25) is 0 Å². The van der Waals surface area contributed by atoms with Gasteiger partial charge >= 0.3 is 0 Å². The van der Waals surface area contributed by atoms with E-state index in [9.17, 15) is 0 Å². The van der Waals surface area contributed by atoms with Crippen molar-refractivity contribution in [1.29, 1.82) is 0 Å². The molecule has 0 heteroatoms. The number of rotatable bonds is 0. The maximum atomic E-state index is 2.38. The van der Waals surface area contributed by atoms with Crippen LogP contribution in [0.1, 0.15) is 34.1 Å². The lowest BCUT2D eigenvalue weighted by Gasteiger charge is -1.96. The highest BCUT2D eigenvalue weighted by atomic mass is 14.3. The molecule has 0 radical (unpaired) electrons. The summed E-state index contributed by atoms with van der Waals surface area (Å²) >= 11 is 0. The maximum Gasteiger partial charge on any atom is -0.0228 e. The van der Waals surface area contributed by atoms with Gasteiger partial charge in [-0.25, -0.2) is 0 Å². The third-order valence-electron chi connectivity index (χ3n) is 2.17. The Morgan fingerprint density at radius 1 is 0.889 bits per heavy atom. The van der Waals surface area contributed by atoms with E-state index in [1.807, 2.05) is 0 Å². The molecule has 0 heterocycles. The molecule has 0 nitrogen and oxygen atoms in total. The minimum absolute atomic E-state index is 0. The van der Waals surface area contributed by atoms with Gasteiger partial charge in [0.2, 0.25) is 0 Å². The van der Waals surface area contributed by atoms with E-state index in [0.717, 1.165) is 11.8 Å². The second kappa shape index (κ2) is 3.05. The highest BCUT2D eigenvalue weighted by molar-refractivity contribution is 5.06. The lowest BCUT2D eigenvalue weighted by molar-refractivity contribution is 0.691. The van der Waals surface area contributed by atoms with Crippen LogP contribution in [-0.4, -0.2) is 0 Å². The normalized spacial score (nSPS) is 35.6. The molecule has 0 amide bonds. The van der Waals surface area contributed by atoms with Crippen molar-refractivity contribution in [3.05, 3.63) is 12.2 Å². The molecule has 2 rings (SSSR count). The molecule has 0 N–H and O–H groups in total. The standard InChI is InChI=1S/C7H10.2CH4/c1-2-7-4-3-6(1)5-7;;/h1-2,6-7H,3-5H2;2*1H4. The Hall–Kier alpha value is -0.260. The molecule has 54 valence electrons. The number of allylic oxidation sites excluding steroid dienone is 2. The lowest BCUT2D eigenvalue weighted by atomic mass is 10.1. The molecular weight excluding hydrogens is 108 g/mol. The van der Waals surface area contributed by atoms with Gasteiger partial charge in [0.25, 0.3) is 0 Å². The van der Waals surface area contributed by atoms with E-state index in [2.05, 4.69) is 12.2 Å². The Morgan fingerprint density at radius 3 is 1.44 bits per heavy atom. The zero-order chi connectivity index (χ0) is 4.69. The molecule has 0 aromatic rings. The number of fused-ring (bicyclic) bond motifs is 2. The Kier molecular flexibility index (Phi) is 2.96. The van der Waals surface area contributed by atoms with E-state index in [-0.39, 0.29) is 14.9 Å². The van der Waals surface area contributed by atoms with Gasteiger partial charge in [-0.2, -0.15) is 0 Å². The first kappa shape index (κ1) is 8.74. The SMILES string of the molecule is C.C.C1=CC2CCC1C2. The van der Waals surface area contributed by atoms with Crippen molar-refractivity contribution in [1.82, 2.24) is 0 Å². The van der Waals surface area contributed by atoms with Crippen LogP contribution in [0.5, 0.6) is 0 Å². The summed E-state index contributed by atoms with van der Waals surface area (Å²) in [7, 11) is 0. The summed E-state index contributed by atoms with van der Waals surface area (Å²) in [5.41, 5.74) is 0. The highest BCUT2D eigenvalue weighted by Crippen LogP contribution is 2.38. The van der Waals surface area contributed by atoms with Crippen LogP contribution in [0, 0.1) is 11.8 Å². The fourth-order valence-corrected chi connectivity index (χ4v) is 1.72. The van der Waals surface area contributed by atoms with E-state index in [1.165, 1.54) is 19.3 Å². The summed E-state index contributed by atoms with van der Waals surface area (Å²) in [6, 6.07) is 0. The molecule has 0 aromatic heterocycles. The molecule has 2 aliphatic carbocycles. The predicted molar refractivity (Wildman–Crippen MR) is 43.4 cm³/mol. The Labute approximate surface area is 59.0 Å². The first-order valence-corrected chi connectivity index (χ1v) is 3.13. The molecule has 2 aliphatic rings. The van der Waals surface area contributed by atoms with Gasteiger partial charge in [-0.3, -0.25) is 0 Å². The van der Waals surface area contributed by atoms with Crippen molar-refractivity contribution in [3.63, 3.8) is 0 Å². The average Bonchev–Trinajstić information content (AvgIpc) is 2.22. The third kappa shape index (κ3) is 1.35. The van der Waals surface area contributed by atoms with Gasteiger partial charge in [-0.15, -0.1) is 0 Å². The zero-order valence-corrected chi connectivity index (χ0v) is 4.43. The topological polar surface area (TPSA) is 0 Å². The van der Waals surface area contributed by atoms with Crippen LogP contribution in [0.4, 0.5) is 0 Å². The second-order valence-corrected chi connectivity index (χ2v) is 2.72. The van der Waals surface area contributed by atoms with E-state index < -0.39 is 0 Å². The van der Waals surface area contributed by atoms with Gasteiger partial charge < -0.3 is 0 Å². The summed E-state index contributed by atoms with van der Waals surface area (Å²) in [4.78, 5) is 0. The van der Waals surface area contributed by atoms with Gasteiger partial charge in [0.15, 0.2) is 0 Å². The van der Waals surface area contributed by atoms with Crippen molar-refractivity contribution in [2.24, 2.45) is 11.8 Å². The first-order valence-electron chi connectivity index (χ1n) is 3.13. The van der Waals surface area contributed by atoms with Gasteiger partial charge in [0.05, 0.1) is 0 Å². The van der Waals surface area contributed by atoms with Crippen LogP contribution in [0.15, 0.2) is 12.2 Å². The zero-order valence-electron chi connectivity index (χ0n) is 4.43. The summed E-state index contributed by atoms with van der Waals surface area (Å²) < 4.78 is 0. The fourth-order valence-electron chi connectivity index (χ4n) is 1.72. The van der Waals surface area contributed by atoms with Gasteiger partial charge in [-0.05, 0) is 31.1 Å². The first-order chi connectivity index (χ1) is 3.45. The summed E-state index contributed by atoms with van der Waals surface area (Å²) in [5, 5.41) is 0. The summed E-state index contributed by atoms with van der Waals surface area (Å²) in [6.07, 6.45) is 9.19. The second-order valence-electron chi connectivity index (χ2n) is 2.72. The Balaban J connectivity index is 0.000000320. The van der Waals surface area contributed by atoms with E-state index in [1.54, 1.807) is 0 Å². The van der Waals surface area contributed by atoms with Crippen LogP contribution in [0.25, 0.3) is 0 Å². The number of hydrogen-bond donors (Lipinski definition) is 0. The van der Waals surface area contributed by atoms with E-state index in [4.69, 9.17) is 0 Å². The Bertz CT molecular complexity index is 90.6. The monoisotopic (exact) mass is 126 g/mol. The molecular formula is C9H18. The molecule has 0 saturated heterocycles. The molecule has 1 saturated carbocycles. The summed E-state index contributed by atoms with van der Waals surface area (Å²) in [5.74, 6) is 1.98.